The average Bonchev–Trinajstić information content (AvgIpc) is 3.48. The minimum atomic E-state index is -4.28. The van der Waals surface area contributed by atoms with Gasteiger partial charge in [0.1, 0.15) is 15.8 Å². The highest BCUT2D eigenvalue weighted by Gasteiger charge is 2.63. The highest BCUT2D eigenvalue weighted by atomic mass is 32.3. The Morgan fingerprint density at radius 3 is 2.40 bits per heavy atom. The first-order valence-corrected chi connectivity index (χ1v) is 17.3. The number of nitrogens with one attached hydrogen (secondary N) is 1. The highest BCUT2D eigenvalue weighted by molar-refractivity contribution is 7.88. The molecule has 0 radical (unpaired) electrons. The van der Waals surface area contributed by atoms with E-state index in [9.17, 15) is 27.4 Å². The molecule has 4 aliphatic rings. The maximum atomic E-state index is 13.6. The summed E-state index contributed by atoms with van der Waals surface area (Å²) < 4.78 is 32.4. The Morgan fingerprint density at radius 2 is 1.75 bits per heavy atom. The number of rotatable bonds is 7. The van der Waals surface area contributed by atoms with Crippen molar-refractivity contribution in [3.63, 3.8) is 0 Å². The summed E-state index contributed by atoms with van der Waals surface area (Å²) in [6.45, 7) is 10.9. The summed E-state index contributed by atoms with van der Waals surface area (Å²) in [5, 5.41) is 3.14. The van der Waals surface area contributed by atoms with E-state index in [4.69, 9.17) is 0 Å². The molecule has 0 aromatic carbocycles. The zero-order valence-corrected chi connectivity index (χ0v) is 26.1. The Bertz CT molecular complexity index is 1290. The lowest BCUT2D eigenvalue weighted by atomic mass is 9.44. The van der Waals surface area contributed by atoms with Gasteiger partial charge in [0, 0.05) is 36.5 Å². The predicted octanol–water partition coefficient (Wildman–Crippen LogP) is 6.24. The minimum absolute atomic E-state index is 0.0276. The quantitative estimate of drug-likeness (QED) is 0.363. The second-order valence-electron chi connectivity index (χ2n) is 14.2. The van der Waals surface area contributed by atoms with Crippen molar-refractivity contribution in [2.45, 2.75) is 103 Å². The van der Waals surface area contributed by atoms with E-state index in [1.807, 2.05) is 13.8 Å². The Balaban J connectivity index is 1.28. The summed E-state index contributed by atoms with van der Waals surface area (Å²) in [5.41, 5.74) is 0.111. The monoisotopic (exact) mass is 591 g/mol. The molecular weight excluding hydrogens is 546 g/mol. The van der Waals surface area contributed by atoms with Crippen LogP contribution < -0.4 is 5.32 Å². The zero-order valence-electron chi connectivity index (χ0n) is 24.4. The number of carbonyl (C=O) groups is 3. The fourth-order valence-electron chi connectivity index (χ4n) is 9.57. The number of carbonyl (C=O) groups excluding carboxylic acids is 3. The van der Waals surface area contributed by atoms with Crippen molar-refractivity contribution < 1.29 is 27.4 Å². The summed E-state index contributed by atoms with van der Waals surface area (Å²) in [5.74, 6) is 2.22. The molecule has 0 spiro atoms. The lowest BCUT2D eigenvalue weighted by Crippen LogP contribution is -2.57. The summed E-state index contributed by atoms with van der Waals surface area (Å²) >= 11 is 0.992. The second kappa shape index (κ2) is 10.6. The first-order chi connectivity index (χ1) is 18.6. The smallest absolute Gasteiger partial charge is 0.304 e. The van der Waals surface area contributed by atoms with Crippen molar-refractivity contribution in [3.05, 3.63) is 17.0 Å². The van der Waals surface area contributed by atoms with Gasteiger partial charge in [-0.05, 0) is 90.6 Å². The lowest BCUT2D eigenvalue weighted by Gasteiger charge is -2.59. The van der Waals surface area contributed by atoms with Gasteiger partial charge in [-0.15, -0.1) is 11.3 Å². The maximum absolute atomic E-state index is 13.6. The van der Waals surface area contributed by atoms with Gasteiger partial charge in [-0.25, -0.2) is 0 Å². The van der Waals surface area contributed by atoms with E-state index in [-0.39, 0.29) is 50.7 Å². The molecule has 9 atom stereocenters. The maximum Gasteiger partial charge on any atom is 0.304 e. The molecule has 1 aromatic heterocycles. The summed E-state index contributed by atoms with van der Waals surface area (Å²) in [6.07, 6.45) is 7.24. The van der Waals surface area contributed by atoms with Gasteiger partial charge in [0.05, 0.1) is 6.04 Å². The number of hydrogen-bond acceptors (Lipinski definition) is 6. The number of Topliss-reactive ketones (excluding diaryl/α,β-unsaturated/α-hetero) is 2. The second-order valence-corrected chi connectivity index (χ2v) is 16.9. The predicted molar refractivity (Wildman–Crippen MR) is 154 cm³/mol. The molecule has 0 bridgehead atoms. The van der Waals surface area contributed by atoms with Gasteiger partial charge in [-0.3, -0.25) is 18.9 Å². The van der Waals surface area contributed by atoms with Crippen LogP contribution in [0.1, 0.15) is 103 Å². The third-order valence-corrected chi connectivity index (χ3v) is 14.2. The highest BCUT2D eigenvalue weighted by Crippen LogP contribution is 2.67. The van der Waals surface area contributed by atoms with Crippen molar-refractivity contribution in [1.82, 2.24) is 5.32 Å². The van der Waals surface area contributed by atoms with E-state index in [0.717, 1.165) is 43.4 Å². The normalized spacial score (nSPS) is 37.4. The summed E-state index contributed by atoms with van der Waals surface area (Å²) in [6, 6.07) is 2.71. The molecule has 1 aromatic rings. The first-order valence-electron chi connectivity index (χ1n) is 15.1. The third kappa shape index (κ3) is 5.13. The number of thiophene rings is 1. The van der Waals surface area contributed by atoms with Crippen LogP contribution in [0.2, 0.25) is 0 Å². The first kappa shape index (κ1) is 29.9. The molecule has 1 heterocycles. The van der Waals surface area contributed by atoms with Gasteiger partial charge in [0.15, 0.2) is 0 Å². The van der Waals surface area contributed by atoms with Crippen LogP contribution in [0.15, 0.2) is 16.3 Å². The molecule has 4 aliphatic carbocycles. The summed E-state index contributed by atoms with van der Waals surface area (Å²) in [4.78, 5) is 39.9. The Morgan fingerprint density at radius 1 is 1.05 bits per heavy atom. The fraction of sp³-hybridized carbons (Fsp3) is 0.774. The van der Waals surface area contributed by atoms with Crippen molar-refractivity contribution in [2.24, 2.45) is 52.3 Å². The molecule has 0 saturated heterocycles. The molecule has 7 nitrogen and oxygen atoms in total. The van der Waals surface area contributed by atoms with Gasteiger partial charge >= 0.3 is 10.1 Å². The van der Waals surface area contributed by atoms with Crippen molar-refractivity contribution in [2.75, 3.05) is 0 Å². The Labute approximate surface area is 243 Å². The molecule has 0 unspecified atom stereocenters. The van der Waals surface area contributed by atoms with Gasteiger partial charge in [0.2, 0.25) is 5.91 Å². The Kier molecular flexibility index (Phi) is 7.92. The molecule has 222 valence electrons. The van der Waals surface area contributed by atoms with Crippen LogP contribution in [-0.2, 0) is 24.5 Å². The van der Waals surface area contributed by atoms with Crippen LogP contribution in [0, 0.1) is 52.3 Å². The van der Waals surface area contributed by atoms with Crippen molar-refractivity contribution >= 4 is 38.9 Å². The van der Waals surface area contributed by atoms with Crippen LogP contribution in [0.4, 0.5) is 0 Å². The van der Waals surface area contributed by atoms with E-state index in [1.165, 1.54) is 6.07 Å². The van der Waals surface area contributed by atoms with E-state index in [1.54, 1.807) is 6.07 Å². The Hall–Kier alpha value is -1.58. The van der Waals surface area contributed by atoms with E-state index >= 15 is 0 Å². The van der Waals surface area contributed by atoms with Gasteiger partial charge in [-0.1, -0.05) is 34.6 Å². The number of fused-ring (bicyclic) bond motifs is 5. The van der Waals surface area contributed by atoms with Crippen LogP contribution in [0.25, 0.3) is 0 Å². The number of hydrogen-bond donors (Lipinski definition) is 2. The lowest BCUT2D eigenvalue weighted by molar-refractivity contribution is -0.159. The molecule has 2 N–H and O–H groups in total. The van der Waals surface area contributed by atoms with Crippen LogP contribution in [0.3, 0.4) is 0 Å². The van der Waals surface area contributed by atoms with Gasteiger partial charge in [-0.2, -0.15) is 8.42 Å². The molecule has 1 amide bonds. The van der Waals surface area contributed by atoms with Crippen LogP contribution in [-0.4, -0.2) is 30.4 Å². The molecule has 4 saturated carbocycles. The van der Waals surface area contributed by atoms with E-state index in [2.05, 4.69) is 26.1 Å². The van der Waals surface area contributed by atoms with Crippen LogP contribution >= 0.6 is 11.3 Å². The largest absolute Gasteiger partial charge is 0.348 e. The molecule has 40 heavy (non-hydrogen) atoms. The topological polar surface area (TPSA) is 118 Å². The molecule has 0 aliphatic heterocycles. The van der Waals surface area contributed by atoms with Crippen molar-refractivity contribution in [3.8, 4) is 0 Å². The average molecular weight is 592 g/mol. The molecule has 4 fully saturated rings. The van der Waals surface area contributed by atoms with Gasteiger partial charge < -0.3 is 5.32 Å². The molecular formula is C31H45NO6S2. The molecule has 5 rings (SSSR count). The van der Waals surface area contributed by atoms with Gasteiger partial charge in [0.25, 0.3) is 0 Å². The zero-order chi connectivity index (χ0) is 29.2. The number of ketones is 2. The standard InChI is InChI=1S/C31H45NO6S2/c1-17(2)29(25-8-9-27(39-25)40(36,37)38)32-26(35)14-18(3)21-6-7-22-28-23(11-13-31(21,22)5)30(4)12-10-20(33)15-19(30)16-24(28)34/h8-9,17-19,21-23,28-29H,6-7,10-16H2,1-5H3,(H,32,35)(H,36,37,38)/t18-,19+,21-,22+,23+,28+,29+,30+,31-/m1/s1. The van der Waals surface area contributed by atoms with E-state index < -0.39 is 10.1 Å². The third-order valence-electron chi connectivity index (χ3n) is 11.7. The molecule has 9 heteroatoms. The number of amides is 1. The van der Waals surface area contributed by atoms with E-state index in [0.29, 0.717) is 59.9 Å². The SMILES string of the molecule is CC(C)[C@H](NC(=O)C[C@@H](C)[C@H]1CC[C@H]2[C@@H]3C(=O)C[C@@H]4CC(=O)CC[C@]4(C)[C@H]3CC[C@]12C)c1ccc(S(=O)(=O)O)s1. The van der Waals surface area contributed by atoms with Crippen LogP contribution in [0.5, 0.6) is 0 Å². The fourth-order valence-corrected chi connectivity index (χ4v) is 11.5. The minimum Gasteiger partial charge on any atom is -0.348 e. The van der Waals surface area contributed by atoms with Crippen molar-refractivity contribution in [1.29, 1.82) is 0 Å². The summed E-state index contributed by atoms with van der Waals surface area (Å²) in [7, 11) is -4.28.